The van der Waals surface area contributed by atoms with Crippen LogP contribution in [0.5, 0.6) is 0 Å². The van der Waals surface area contributed by atoms with E-state index in [4.69, 9.17) is 0 Å². The van der Waals surface area contributed by atoms with Gasteiger partial charge in [0.1, 0.15) is 0 Å². The molecular weight excluding hydrogens is 264 g/mol. The van der Waals surface area contributed by atoms with E-state index >= 15 is 0 Å². The molecule has 1 unspecified atom stereocenters. The molecule has 0 radical (unpaired) electrons. The first-order valence-electron chi connectivity index (χ1n) is 7.57. The van der Waals surface area contributed by atoms with Gasteiger partial charge in [-0.05, 0) is 68.6 Å². The Morgan fingerprint density at radius 2 is 2.35 bits per heavy atom. The second-order valence-electron chi connectivity index (χ2n) is 5.61. The molecule has 0 amide bonds. The number of nitrogens with one attached hydrogen (secondary N) is 1. The molecule has 106 valence electrons. The Kier molecular flexibility index (Phi) is 4.48. The van der Waals surface area contributed by atoms with Crippen LogP contribution in [0.25, 0.3) is 10.2 Å². The highest BCUT2D eigenvalue weighted by atomic mass is 32.1. The minimum Gasteiger partial charge on any atom is -0.310 e. The number of fused-ring (bicyclic) bond motifs is 1. The van der Waals surface area contributed by atoms with Crippen LogP contribution in [0.4, 0.5) is 0 Å². The second kappa shape index (κ2) is 6.51. The number of rotatable bonds is 5. The summed E-state index contributed by atoms with van der Waals surface area (Å²) in [6, 6.07) is 4.72. The summed E-state index contributed by atoms with van der Waals surface area (Å²) in [7, 11) is 0. The average Bonchev–Trinajstić information content (AvgIpc) is 2.95. The van der Waals surface area contributed by atoms with E-state index in [2.05, 4.69) is 40.8 Å². The van der Waals surface area contributed by atoms with Crippen LogP contribution in [-0.4, -0.2) is 11.5 Å². The molecule has 1 N–H and O–H groups in total. The van der Waals surface area contributed by atoms with Crippen LogP contribution in [0, 0.1) is 0 Å². The van der Waals surface area contributed by atoms with Crippen LogP contribution in [0.3, 0.4) is 0 Å². The molecule has 2 nitrogen and oxygen atoms in total. The lowest BCUT2D eigenvalue weighted by Crippen LogP contribution is -2.20. The highest BCUT2D eigenvalue weighted by molar-refractivity contribution is 7.17. The van der Waals surface area contributed by atoms with E-state index in [1.54, 1.807) is 16.9 Å². The molecule has 0 spiro atoms. The zero-order valence-corrected chi connectivity index (χ0v) is 12.9. The molecule has 1 aliphatic rings. The lowest BCUT2D eigenvalue weighted by atomic mass is 9.97. The molecule has 2 aromatic heterocycles. The SMILES string of the molecule is CC(NCCC1=CCCCC1)c1cnc2ccsc2c1. The molecule has 1 aliphatic carbocycles. The van der Waals surface area contributed by atoms with Crippen molar-refractivity contribution in [2.45, 2.75) is 45.1 Å². The Labute approximate surface area is 124 Å². The lowest BCUT2D eigenvalue weighted by molar-refractivity contribution is 0.562. The van der Waals surface area contributed by atoms with Gasteiger partial charge in [-0.15, -0.1) is 11.3 Å². The first-order chi connectivity index (χ1) is 9.83. The van der Waals surface area contributed by atoms with Gasteiger partial charge in [-0.3, -0.25) is 4.98 Å². The molecule has 0 saturated heterocycles. The minimum absolute atomic E-state index is 0.373. The van der Waals surface area contributed by atoms with Gasteiger partial charge in [0.2, 0.25) is 0 Å². The fourth-order valence-electron chi connectivity index (χ4n) is 2.80. The Balaban J connectivity index is 1.55. The molecule has 20 heavy (non-hydrogen) atoms. The first-order valence-corrected chi connectivity index (χ1v) is 8.45. The molecule has 2 heterocycles. The normalized spacial score (nSPS) is 17.1. The van der Waals surface area contributed by atoms with Crippen molar-refractivity contribution in [2.24, 2.45) is 0 Å². The van der Waals surface area contributed by atoms with Gasteiger partial charge in [0.25, 0.3) is 0 Å². The second-order valence-corrected chi connectivity index (χ2v) is 6.55. The van der Waals surface area contributed by atoms with Crippen molar-refractivity contribution in [2.75, 3.05) is 6.54 Å². The fraction of sp³-hybridized carbons (Fsp3) is 0.471. The number of allylic oxidation sites excluding steroid dienone is 1. The maximum atomic E-state index is 4.52. The zero-order valence-electron chi connectivity index (χ0n) is 12.1. The quantitative estimate of drug-likeness (QED) is 0.796. The zero-order chi connectivity index (χ0) is 13.8. The number of hydrogen-bond donors (Lipinski definition) is 1. The number of thiophene rings is 1. The summed E-state index contributed by atoms with van der Waals surface area (Å²) < 4.78 is 1.28. The first kappa shape index (κ1) is 13.8. The maximum absolute atomic E-state index is 4.52. The van der Waals surface area contributed by atoms with E-state index in [1.165, 1.54) is 42.4 Å². The van der Waals surface area contributed by atoms with E-state index in [1.807, 2.05) is 6.20 Å². The average molecular weight is 286 g/mol. The number of aromatic nitrogens is 1. The predicted molar refractivity (Wildman–Crippen MR) is 87.2 cm³/mol. The van der Waals surface area contributed by atoms with Gasteiger partial charge in [0.05, 0.1) is 10.2 Å². The third-order valence-electron chi connectivity index (χ3n) is 4.11. The van der Waals surface area contributed by atoms with Crippen LogP contribution in [0.2, 0.25) is 0 Å². The van der Waals surface area contributed by atoms with E-state index in [-0.39, 0.29) is 0 Å². The molecule has 1 atom stereocenters. The maximum Gasteiger partial charge on any atom is 0.0809 e. The molecule has 3 rings (SSSR count). The standard InChI is InChI=1S/C17H22N2S/c1-13(18-9-7-14-5-3-2-4-6-14)15-11-17-16(19-12-15)8-10-20-17/h5,8,10-13,18H,2-4,6-7,9H2,1H3. The molecule has 0 aliphatic heterocycles. The third kappa shape index (κ3) is 3.28. The fourth-order valence-corrected chi connectivity index (χ4v) is 3.59. The molecule has 0 bridgehead atoms. The minimum atomic E-state index is 0.373. The molecule has 0 aromatic carbocycles. The van der Waals surface area contributed by atoms with Gasteiger partial charge in [-0.25, -0.2) is 0 Å². The molecule has 0 saturated carbocycles. The van der Waals surface area contributed by atoms with E-state index < -0.39 is 0 Å². The van der Waals surface area contributed by atoms with Crippen LogP contribution in [0.1, 0.15) is 50.6 Å². The summed E-state index contributed by atoms with van der Waals surface area (Å²) in [4.78, 5) is 4.52. The predicted octanol–water partition coefficient (Wildman–Crippen LogP) is 4.84. The lowest BCUT2D eigenvalue weighted by Gasteiger charge is -2.16. The van der Waals surface area contributed by atoms with E-state index in [9.17, 15) is 0 Å². The number of nitrogens with zero attached hydrogens (tertiary/aromatic N) is 1. The summed E-state index contributed by atoms with van der Waals surface area (Å²) >= 11 is 1.77. The summed E-state index contributed by atoms with van der Waals surface area (Å²) in [5.74, 6) is 0. The van der Waals surface area contributed by atoms with Gasteiger partial charge in [-0.1, -0.05) is 11.6 Å². The molecule has 2 aromatic rings. The van der Waals surface area contributed by atoms with Crippen molar-refractivity contribution >= 4 is 21.6 Å². The van der Waals surface area contributed by atoms with Crippen LogP contribution < -0.4 is 5.32 Å². The van der Waals surface area contributed by atoms with Crippen molar-refractivity contribution in [1.82, 2.24) is 10.3 Å². The van der Waals surface area contributed by atoms with Crippen molar-refractivity contribution in [3.63, 3.8) is 0 Å². The van der Waals surface area contributed by atoms with E-state index in [0.717, 1.165) is 12.1 Å². The Morgan fingerprint density at radius 3 is 3.20 bits per heavy atom. The smallest absolute Gasteiger partial charge is 0.0809 e. The van der Waals surface area contributed by atoms with Crippen LogP contribution in [-0.2, 0) is 0 Å². The molecule has 0 fully saturated rings. The highest BCUT2D eigenvalue weighted by Crippen LogP contribution is 2.23. The Hall–Kier alpha value is -1.19. The Bertz CT molecular complexity index is 600. The topological polar surface area (TPSA) is 24.9 Å². The molecule has 3 heteroatoms. The van der Waals surface area contributed by atoms with Gasteiger partial charge in [0, 0.05) is 12.2 Å². The van der Waals surface area contributed by atoms with Gasteiger partial charge in [-0.2, -0.15) is 0 Å². The summed E-state index contributed by atoms with van der Waals surface area (Å²) in [6.45, 7) is 3.29. The van der Waals surface area contributed by atoms with Crippen molar-refractivity contribution in [3.8, 4) is 0 Å². The van der Waals surface area contributed by atoms with Crippen LogP contribution in [0.15, 0.2) is 35.4 Å². The van der Waals surface area contributed by atoms with E-state index in [0.29, 0.717) is 6.04 Å². The summed E-state index contributed by atoms with van der Waals surface area (Å²) in [6.07, 6.45) is 11.0. The monoisotopic (exact) mass is 286 g/mol. The molecular formula is C17H22N2S. The highest BCUT2D eigenvalue weighted by Gasteiger charge is 2.08. The van der Waals surface area contributed by atoms with Gasteiger partial charge >= 0.3 is 0 Å². The summed E-state index contributed by atoms with van der Waals surface area (Å²) in [5, 5.41) is 5.73. The van der Waals surface area contributed by atoms with Gasteiger partial charge in [0.15, 0.2) is 0 Å². The van der Waals surface area contributed by atoms with Crippen molar-refractivity contribution < 1.29 is 0 Å². The van der Waals surface area contributed by atoms with Crippen molar-refractivity contribution in [3.05, 3.63) is 40.9 Å². The Morgan fingerprint density at radius 1 is 1.40 bits per heavy atom. The third-order valence-corrected chi connectivity index (χ3v) is 4.96. The summed E-state index contributed by atoms with van der Waals surface area (Å²) in [5.41, 5.74) is 4.04. The van der Waals surface area contributed by atoms with Crippen LogP contribution >= 0.6 is 11.3 Å². The largest absolute Gasteiger partial charge is 0.310 e. The van der Waals surface area contributed by atoms with Gasteiger partial charge < -0.3 is 5.32 Å². The van der Waals surface area contributed by atoms with Crippen molar-refractivity contribution in [1.29, 1.82) is 0 Å². The number of pyridine rings is 1. The number of hydrogen-bond acceptors (Lipinski definition) is 3.